The molecule has 1 atom stereocenters. The molecule has 1 aromatic rings. The van der Waals surface area contributed by atoms with E-state index in [0.29, 0.717) is 18.2 Å². The molecule has 1 aromatic carbocycles. The van der Waals surface area contributed by atoms with E-state index >= 15 is 0 Å². The number of ether oxygens (including phenoxy) is 1. The van der Waals surface area contributed by atoms with E-state index in [1.807, 2.05) is 0 Å². The molecular weight excluding hydrogens is 354 g/mol. The molecule has 0 aromatic heterocycles. The van der Waals surface area contributed by atoms with Crippen LogP contribution in [0.2, 0.25) is 0 Å². The second-order valence-electron chi connectivity index (χ2n) is 6.24. The van der Waals surface area contributed by atoms with Gasteiger partial charge in [-0.05, 0) is 18.6 Å². The predicted octanol–water partition coefficient (Wildman–Crippen LogP) is -0.685. The number of benzene rings is 1. The predicted molar refractivity (Wildman–Crippen MR) is 96.5 cm³/mol. The molecular formula is C17H21N5O5. The van der Waals surface area contributed by atoms with Crippen molar-refractivity contribution in [3.05, 3.63) is 23.8 Å². The van der Waals surface area contributed by atoms with Gasteiger partial charge in [-0.2, -0.15) is 0 Å². The van der Waals surface area contributed by atoms with Crippen molar-refractivity contribution in [2.75, 3.05) is 31.6 Å². The largest absolute Gasteiger partial charge is 0.508 e. The first-order valence-corrected chi connectivity index (χ1v) is 8.62. The van der Waals surface area contributed by atoms with Gasteiger partial charge in [-0.15, -0.1) is 0 Å². The number of hydrogen-bond acceptors (Lipinski definition) is 8. The molecule has 2 aliphatic rings. The summed E-state index contributed by atoms with van der Waals surface area (Å²) in [7, 11) is 0. The molecule has 0 spiro atoms. The Morgan fingerprint density at radius 2 is 2.19 bits per heavy atom. The number of cyclic esters (lactones) is 1. The monoisotopic (exact) mass is 375 g/mol. The summed E-state index contributed by atoms with van der Waals surface area (Å²) in [6.45, 7) is 1.38. The Balaban J connectivity index is 1.55. The van der Waals surface area contributed by atoms with Gasteiger partial charge in [0.15, 0.2) is 5.96 Å². The lowest BCUT2D eigenvalue weighted by Crippen LogP contribution is -2.42. The van der Waals surface area contributed by atoms with Gasteiger partial charge in [-0.25, -0.2) is 0 Å². The van der Waals surface area contributed by atoms with Gasteiger partial charge in [0.25, 0.3) is 5.91 Å². The minimum Gasteiger partial charge on any atom is -0.508 e. The Morgan fingerprint density at radius 1 is 1.33 bits per heavy atom. The fraction of sp³-hybridized carbons (Fsp3) is 0.412. The quantitative estimate of drug-likeness (QED) is 0.429. The number of aromatic hydroxyl groups is 1. The first kappa shape index (κ1) is 18.5. The molecule has 27 heavy (non-hydrogen) atoms. The number of phenols is 1. The number of guanidine groups is 1. The molecule has 0 bridgehead atoms. The highest BCUT2D eigenvalue weighted by Gasteiger charge is 2.25. The molecule has 2 aliphatic heterocycles. The summed E-state index contributed by atoms with van der Waals surface area (Å²) in [6, 6.07) is 3.95. The Kier molecular flexibility index (Phi) is 5.74. The van der Waals surface area contributed by atoms with Crippen LogP contribution in [-0.2, 0) is 14.3 Å². The van der Waals surface area contributed by atoms with E-state index in [9.17, 15) is 19.5 Å². The number of rotatable bonds is 5. The number of amides is 2. The van der Waals surface area contributed by atoms with E-state index in [1.54, 1.807) is 6.07 Å². The van der Waals surface area contributed by atoms with Gasteiger partial charge in [0.2, 0.25) is 5.91 Å². The molecule has 2 amide bonds. The summed E-state index contributed by atoms with van der Waals surface area (Å²) in [5, 5.41) is 21.0. The van der Waals surface area contributed by atoms with Crippen LogP contribution >= 0.6 is 0 Å². The van der Waals surface area contributed by atoms with Crippen molar-refractivity contribution < 1.29 is 24.2 Å². The lowest BCUT2D eigenvalue weighted by atomic mass is 10.1. The zero-order valence-electron chi connectivity index (χ0n) is 14.6. The SMILES string of the molecule is O=C(CNC(=O)c1cc(O)cc(NC2=NCCCN2)c1)N[C@@H]1COC(=O)C1. The number of carbonyl (C=O) groups excluding carboxylic acids is 3. The summed E-state index contributed by atoms with van der Waals surface area (Å²) in [5.74, 6) is -0.813. The number of phenolic OH excluding ortho intramolecular Hbond substituents is 1. The van der Waals surface area contributed by atoms with Crippen LogP contribution in [-0.4, -0.2) is 61.1 Å². The van der Waals surface area contributed by atoms with E-state index in [4.69, 9.17) is 4.74 Å². The first-order valence-electron chi connectivity index (χ1n) is 8.62. The fourth-order valence-corrected chi connectivity index (χ4v) is 2.71. The highest BCUT2D eigenvalue weighted by Crippen LogP contribution is 2.20. The molecule has 0 radical (unpaired) electrons. The van der Waals surface area contributed by atoms with Gasteiger partial charge < -0.3 is 31.1 Å². The Hall–Kier alpha value is -3.30. The van der Waals surface area contributed by atoms with Crippen LogP contribution in [0, 0.1) is 0 Å². The van der Waals surface area contributed by atoms with Crippen LogP contribution in [0.5, 0.6) is 5.75 Å². The van der Waals surface area contributed by atoms with E-state index in [1.165, 1.54) is 12.1 Å². The molecule has 1 saturated heterocycles. The molecule has 0 aliphatic carbocycles. The fourth-order valence-electron chi connectivity index (χ4n) is 2.71. The van der Waals surface area contributed by atoms with Crippen LogP contribution in [0.3, 0.4) is 0 Å². The molecule has 5 N–H and O–H groups in total. The average molecular weight is 375 g/mol. The zero-order chi connectivity index (χ0) is 19.2. The van der Waals surface area contributed by atoms with Crippen molar-refractivity contribution in [1.29, 1.82) is 0 Å². The van der Waals surface area contributed by atoms with Gasteiger partial charge in [-0.3, -0.25) is 19.4 Å². The van der Waals surface area contributed by atoms with E-state index < -0.39 is 11.8 Å². The third kappa shape index (κ3) is 5.33. The third-order valence-electron chi connectivity index (χ3n) is 3.97. The minimum absolute atomic E-state index is 0.0902. The minimum atomic E-state index is -0.513. The summed E-state index contributed by atoms with van der Waals surface area (Å²) in [5.41, 5.74) is 0.695. The van der Waals surface area contributed by atoms with Crippen molar-refractivity contribution in [2.24, 2.45) is 4.99 Å². The highest BCUT2D eigenvalue weighted by atomic mass is 16.5. The van der Waals surface area contributed by atoms with E-state index in [-0.39, 0.29) is 42.9 Å². The van der Waals surface area contributed by atoms with Crippen molar-refractivity contribution in [3.63, 3.8) is 0 Å². The number of carbonyl (C=O) groups is 3. The second-order valence-corrected chi connectivity index (χ2v) is 6.24. The lowest BCUT2D eigenvalue weighted by molar-refractivity contribution is -0.138. The Labute approximate surface area is 155 Å². The maximum absolute atomic E-state index is 12.3. The maximum atomic E-state index is 12.3. The smallest absolute Gasteiger partial charge is 0.308 e. The standard InChI is InChI=1S/C17H21N5O5/c23-13-5-10(4-11(6-13)22-17-18-2-1-3-19-17)16(26)20-8-14(24)21-12-7-15(25)27-9-12/h4-6,12,23H,1-3,7-9H2,(H,20,26)(H,21,24)(H2,18,19,22)/t12-/m0/s1. The second kappa shape index (κ2) is 8.39. The van der Waals surface area contributed by atoms with Gasteiger partial charge in [0.05, 0.1) is 19.0 Å². The molecule has 0 saturated carbocycles. The zero-order valence-corrected chi connectivity index (χ0v) is 14.6. The Bertz CT molecular complexity index is 779. The number of nitrogens with one attached hydrogen (secondary N) is 4. The number of esters is 1. The van der Waals surface area contributed by atoms with E-state index in [2.05, 4.69) is 26.3 Å². The van der Waals surface area contributed by atoms with Gasteiger partial charge in [0.1, 0.15) is 12.4 Å². The molecule has 0 unspecified atom stereocenters. The van der Waals surface area contributed by atoms with Crippen LogP contribution in [0.1, 0.15) is 23.2 Å². The molecule has 10 nitrogen and oxygen atoms in total. The number of aliphatic imine (C=N–C) groups is 1. The normalized spacial score (nSPS) is 18.7. The first-order chi connectivity index (χ1) is 13.0. The summed E-state index contributed by atoms with van der Waals surface area (Å²) >= 11 is 0. The number of nitrogens with zero attached hydrogens (tertiary/aromatic N) is 1. The summed E-state index contributed by atoms with van der Waals surface area (Å²) in [4.78, 5) is 39.4. The van der Waals surface area contributed by atoms with Gasteiger partial charge >= 0.3 is 5.97 Å². The van der Waals surface area contributed by atoms with Crippen molar-refractivity contribution in [1.82, 2.24) is 16.0 Å². The van der Waals surface area contributed by atoms with Crippen LogP contribution in [0.25, 0.3) is 0 Å². The van der Waals surface area contributed by atoms with Crippen LogP contribution < -0.4 is 21.3 Å². The van der Waals surface area contributed by atoms with Crippen LogP contribution in [0.15, 0.2) is 23.2 Å². The van der Waals surface area contributed by atoms with Crippen molar-refractivity contribution in [2.45, 2.75) is 18.9 Å². The van der Waals surface area contributed by atoms with Crippen molar-refractivity contribution >= 4 is 29.4 Å². The maximum Gasteiger partial charge on any atom is 0.308 e. The van der Waals surface area contributed by atoms with Crippen molar-refractivity contribution in [3.8, 4) is 5.75 Å². The highest BCUT2D eigenvalue weighted by molar-refractivity contribution is 6.00. The lowest BCUT2D eigenvalue weighted by Gasteiger charge is -2.16. The number of anilines is 1. The molecule has 144 valence electrons. The van der Waals surface area contributed by atoms with Crippen LogP contribution in [0.4, 0.5) is 5.69 Å². The topological polar surface area (TPSA) is 141 Å². The molecule has 1 fully saturated rings. The molecule has 10 heteroatoms. The van der Waals surface area contributed by atoms with Gasteiger partial charge in [-0.1, -0.05) is 0 Å². The number of hydrogen-bond donors (Lipinski definition) is 5. The molecule has 3 rings (SSSR count). The summed E-state index contributed by atoms with van der Waals surface area (Å²) in [6.07, 6.45) is 1.07. The average Bonchev–Trinajstić information content (AvgIpc) is 3.04. The Morgan fingerprint density at radius 3 is 2.89 bits per heavy atom. The third-order valence-corrected chi connectivity index (χ3v) is 3.97. The van der Waals surface area contributed by atoms with Gasteiger partial charge in [0, 0.05) is 30.4 Å². The van der Waals surface area contributed by atoms with E-state index in [0.717, 1.165) is 13.0 Å². The molecule has 2 heterocycles. The summed E-state index contributed by atoms with van der Waals surface area (Å²) < 4.78 is 4.76.